The Balaban J connectivity index is 2.03. The third-order valence-electron chi connectivity index (χ3n) is 4.41. The number of rotatable bonds is 5. The van der Waals surface area contributed by atoms with E-state index in [0.717, 1.165) is 18.4 Å². The Hall–Kier alpha value is -0.340. The minimum Gasteiger partial charge on any atom is -0.317 e. The van der Waals surface area contributed by atoms with Crippen LogP contribution in [0.25, 0.3) is 0 Å². The molecule has 1 aromatic rings. The van der Waals surface area contributed by atoms with Crippen molar-refractivity contribution in [2.75, 3.05) is 13.1 Å². The summed E-state index contributed by atoms with van der Waals surface area (Å²) in [6, 6.07) is 8.72. The topological polar surface area (TPSA) is 12.0 Å². The van der Waals surface area contributed by atoms with Crippen LogP contribution in [0.5, 0.6) is 0 Å². The summed E-state index contributed by atoms with van der Waals surface area (Å²) in [5.41, 5.74) is 1.48. The van der Waals surface area contributed by atoms with Crippen molar-refractivity contribution >= 4 is 15.9 Å². The van der Waals surface area contributed by atoms with Crippen molar-refractivity contribution in [1.82, 2.24) is 5.32 Å². The Morgan fingerprint density at radius 2 is 1.84 bits per heavy atom. The van der Waals surface area contributed by atoms with Crippen LogP contribution in [-0.2, 0) is 6.42 Å². The van der Waals surface area contributed by atoms with E-state index in [2.05, 4.69) is 52.4 Å². The Kier molecular flexibility index (Phi) is 6.39. The molecular formula is C17H26BrN. The molecule has 1 aromatic carbocycles. The van der Waals surface area contributed by atoms with Crippen LogP contribution in [0, 0.1) is 11.8 Å². The molecule has 0 heterocycles. The Labute approximate surface area is 126 Å². The van der Waals surface area contributed by atoms with E-state index in [0.29, 0.717) is 0 Å². The standard InChI is InChI=1S/C17H26BrN/c1-2-19-13-16-10-5-3-4-8-14(16)12-15-9-6-7-11-17(15)18/h6-7,9,11,14,16,19H,2-5,8,10,12-13H2,1H3. The minimum atomic E-state index is 0.847. The van der Waals surface area contributed by atoms with Gasteiger partial charge in [0.05, 0.1) is 0 Å². The minimum absolute atomic E-state index is 0.847. The number of halogens is 1. The van der Waals surface area contributed by atoms with Gasteiger partial charge in [0, 0.05) is 4.47 Å². The summed E-state index contributed by atoms with van der Waals surface area (Å²) < 4.78 is 1.28. The van der Waals surface area contributed by atoms with Crippen LogP contribution in [0.4, 0.5) is 0 Å². The molecule has 2 heteroatoms. The van der Waals surface area contributed by atoms with Crippen LogP contribution in [0.2, 0.25) is 0 Å². The average Bonchev–Trinajstić information content (AvgIpc) is 2.64. The molecule has 2 atom stereocenters. The largest absolute Gasteiger partial charge is 0.317 e. The van der Waals surface area contributed by atoms with Crippen LogP contribution in [0.15, 0.2) is 28.7 Å². The lowest BCUT2D eigenvalue weighted by Crippen LogP contribution is -2.28. The van der Waals surface area contributed by atoms with Gasteiger partial charge in [-0.05, 0) is 55.8 Å². The fourth-order valence-electron chi connectivity index (χ4n) is 3.27. The van der Waals surface area contributed by atoms with Crippen LogP contribution in [-0.4, -0.2) is 13.1 Å². The lowest BCUT2D eigenvalue weighted by atomic mass is 9.83. The highest BCUT2D eigenvalue weighted by Crippen LogP contribution is 2.32. The summed E-state index contributed by atoms with van der Waals surface area (Å²) in [6.07, 6.45) is 8.30. The van der Waals surface area contributed by atoms with Crippen molar-refractivity contribution in [3.8, 4) is 0 Å². The van der Waals surface area contributed by atoms with Crippen LogP contribution in [0.1, 0.15) is 44.6 Å². The molecule has 1 fully saturated rings. The average molecular weight is 324 g/mol. The molecule has 0 amide bonds. The maximum Gasteiger partial charge on any atom is 0.0207 e. The zero-order valence-corrected chi connectivity index (χ0v) is 13.6. The van der Waals surface area contributed by atoms with Crippen molar-refractivity contribution in [1.29, 1.82) is 0 Å². The van der Waals surface area contributed by atoms with Crippen LogP contribution >= 0.6 is 15.9 Å². The van der Waals surface area contributed by atoms with E-state index in [1.54, 1.807) is 0 Å². The molecule has 1 aliphatic carbocycles. The third-order valence-corrected chi connectivity index (χ3v) is 5.19. The molecule has 0 aromatic heterocycles. The molecule has 0 aliphatic heterocycles. The van der Waals surface area contributed by atoms with Gasteiger partial charge in [-0.1, -0.05) is 60.3 Å². The summed E-state index contributed by atoms with van der Waals surface area (Å²) in [5.74, 6) is 1.70. The molecular weight excluding hydrogens is 298 g/mol. The van der Waals surface area contributed by atoms with Crippen LogP contribution in [0.3, 0.4) is 0 Å². The molecule has 106 valence electrons. The number of benzene rings is 1. The quantitative estimate of drug-likeness (QED) is 0.767. The first-order valence-corrected chi connectivity index (χ1v) is 8.54. The van der Waals surface area contributed by atoms with E-state index in [1.165, 1.54) is 55.1 Å². The van der Waals surface area contributed by atoms with Gasteiger partial charge >= 0.3 is 0 Å². The molecule has 1 N–H and O–H groups in total. The van der Waals surface area contributed by atoms with Gasteiger partial charge in [0.15, 0.2) is 0 Å². The summed E-state index contributed by atoms with van der Waals surface area (Å²) >= 11 is 3.70. The fourth-order valence-corrected chi connectivity index (χ4v) is 3.72. The van der Waals surface area contributed by atoms with Gasteiger partial charge in [-0.15, -0.1) is 0 Å². The normalized spacial score (nSPS) is 24.1. The summed E-state index contributed by atoms with van der Waals surface area (Å²) in [6.45, 7) is 4.50. The summed E-state index contributed by atoms with van der Waals surface area (Å²) in [7, 11) is 0. The van der Waals surface area contributed by atoms with E-state index in [4.69, 9.17) is 0 Å². The van der Waals surface area contributed by atoms with E-state index in [-0.39, 0.29) is 0 Å². The van der Waals surface area contributed by atoms with Crippen molar-refractivity contribution in [2.45, 2.75) is 45.4 Å². The van der Waals surface area contributed by atoms with E-state index in [1.807, 2.05) is 0 Å². The molecule has 1 aliphatic rings. The van der Waals surface area contributed by atoms with Gasteiger partial charge in [-0.25, -0.2) is 0 Å². The first-order valence-electron chi connectivity index (χ1n) is 7.75. The molecule has 0 radical (unpaired) electrons. The van der Waals surface area contributed by atoms with Crippen LogP contribution < -0.4 is 5.32 Å². The second-order valence-electron chi connectivity index (χ2n) is 5.76. The van der Waals surface area contributed by atoms with E-state index >= 15 is 0 Å². The van der Waals surface area contributed by atoms with Gasteiger partial charge < -0.3 is 5.32 Å². The van der Waals surface area contributed by atoms with Gasteiger partial charge in [-0.3, -0.25) is 0 Å². The Morgan fingerprint density at radius 1 is 1.11 bits per heavy atom. The first-order chi connectivity index (χ1) is 9.31. The molecule has 0 bridgehead atoms. The number of hydrogen-bond donors (Lipinski definition) is 1. The first kappa shape index (κ1) is 15.1. The highest BCUT2D eigenvalue weighted by atomic mass is 79.9. The van der Waals surface area contributed by atoms with Gasteiger partial charge in [0.2, 0.25) is 0 Å². The zero-order valence-electron chi connectivity index (χ0n) is 12.0. The maximum absolute atomic E-state index is 3.70. The lowest BCUT2D eigenvalue weighted by molar-refractivity contribution is 0.299. The second kappa shape index (κ2) is 8.06. The highest BCUT2D eigenvalue weighted by molar-refractivity contribution is 9.10. The van der Waals surface area contributed by atoms with Gasteiger partial charge in [0.1, 0.15) is 0 Å². The predicted octanol–water partition coefficient (Wildman–Crippen LogP) is 4.80. The van der Waals surface area contributed by atoms with Crippen molar-refractivity contribution in [3.05, 3.63) is 34.3 Å². The molecule has 0 saturated heterocycles. The van der Waals surface area contributed by atoms with Gasteiger partial charge in [0.25, 0.3) is 0 Å². The molecule has 19 heavy (non-hydrogen) atoms. The lowest BCUT2D eigenvalue weighted by Gasteiger charge is -2.26. The molecule has 0 spiro atoms. The molecule has 1 saturated carbocycles. The highest BCUT2D eigenvalue weighted by Gasteiger charge is 2.23. The second-order valence-corrected chi connectivity index (χ2v) is 6.62. The van der Waals surface area contributed by atoms with Crippen molar-refractivity contribution in [3.63, 3.8) is 0 Å². The molecule has 1 nitrogen and oxygen atoms in total. The van der Waals surface area contributed by atoms with Gasteiger partial charge in [-0.2, -0.15) is 0 Å². The Bertz CT molecular complexity index is 377. The number of nitrogens with one attached hydrogen (secondary N) is 1. The SMILES string of the molecule is CCNCC1CCCCCC1Cc1ccccc1Br. The van der Waals surface area contributed by atoms with Crippen molar-refractivity contribution < 1.29 is 0 Å². The van der Waals surface area contributed by atoms with E-state index < -0.39 is 0 Å². The number of hydrogen-bond acceptors (Lipinski definition) is 1. The molecule has 2 unspecified atom stereocenters. The summed E-state index contributed by atoms with van der Waals surface area (Å²) in [5, 5.41) is 3.56. The fraction of sp³-hybridized carbons (Fsp3) is 0.647. The predicted molar refractivity (Wildman–Crippen MR) is 86.5 cm³/mol. The maximum atomic E-state index is 3.70. The smallest absolute Gasteiger partial charge is 0.0207 e. The molecule has 2 rings (SSSR count). The van der Waals surface area contributed by atoms with Crippen molar-refractivity contribution in [2.24, 2.45) is 11.8 Å². The summed E-state index contributed by atoms with van der Waals surface area (Å²) in [4.78, 5) is 0. The van der Waals surface area contributed by atoms with E-state index in [9.17, 15) is 0 Å². The Morgan fingerprint density at radius 3 is 2.58 bits per heavy atom. The monoisotopic (exact) mass is 323 g/mol. The zero-order chi connectivity index (χ0) is 13.5. The third kappa shape index (κ3) is 4.61.